The highest BCUT2D eigenvalue weighted by Gasteiger charge is 2.15. The lowest BCUT2D eigenvalue weighted by Gasteiger charge is -2.12. The maximum absolute atomic E-state index is 12.4. The number of anilines is 2. The van der Waals surface area contributed by atoms with Gasteiger partial charge in [-0.3, -0.25) is 14.9 Å². The first-order valence-electron chi connectivity index (χ1n) is 8.03. The number of benzene rings is 2. The Hall–Kier alpha value is -3.39. The van der Waals surface area contributed by atoms with Gasteiger partial charge >= 0.3 is 0 Å². The van der Waals surface area contributed by atoms with E-state index in [9.17, 15) is 9.59 Å². The molecule has 0 saturated heterocycles. The Morgan fingerprint density at radius 2 is 1.78 bits per heavy atom. The number of ether oxygens (including phenoxy) is 2. The van der Waals surface area contributed by atoms with Crippen molar-refractivity contribution in [1.29, 1.82) is 0 Å². The zero-order chi connectivity index (χ0) is 19.1. The SMILES string of the molecule is COc1ccccc1OCC(=O)Nc1ccccc1C(=O)Nc1nccs1. The van der Waals surface area contributed by atoms with E-state index in [0.717, 1.165) is 0 Å². The lowest BCUT2D eigenvalue weighted by atomic mass is 10.1. The number of aromatic nitrogens is 1. The van der Waals surface area contributed by atoms with Gasteiger partial charge in [0.25, 0.3) is 11.8 Å². The Morgan fingerprint density at radius 1 is 1.04 bits per heavy atom. The lowest BCUT2D eigenvalue weighted by Crippen LogP contribution is -2.23. The van der Waals surface area contributed by atoms with E-state index in [1.54, 1.807) is 54.0 Å². The van der Waals surface area contributed by atoms with Crippen molar-refractivity contribution in [2.45, 2.75) is 0 Å². The van der Waals surface area contributed by atoms with Crippen molar-refractivity contribution in [2.75, 3.05) is 24.4 Å². The van der Waals surface area contributed by atoms with Crippen LogP contribution in [-0.2, 0) is 4.79 Å². The standard InChI is InChI=1S/C19H17N3O4S/c1-25-15-8-4-5-9-16(15)26-12-17(23)21-14-7-3-2-6-13(14)18(24)22-19-20-10-11-27-19/h2-11H,12H2,1H3,(H,21,23)(H,20,22,24). The minimum absolute atomic E-state index is 0.219. The fourth-order valence-electron chi connectivity index (χ4n) is 2.31. The van der Waals surface area contributed by atoms with Gasteiger partial charge in [-0.2, -0.15) is 0 Å². The Bertz CT molecular complexity index is 928. The van der Waals surface area contributed by atoms with Gasteiger partial charge in [0, 0.05) is 11.6 Å². The summed E-state index contributed by atoms with van der Waals surface area (Å²) in [6, 6.07) is 13.8. The topological polar surface area (TPSA) is 89.5 Å². The van der Waals surface area contributed by atoms with Crippen molar-refractivity contribution in [2.24, 2.45) is 0 Å². The second-order valence-electron chi connectivity index (χ2n) is 5.32. The first kappa shape index (κ1) is 18.4. The molecule has 2 aromatic carbocycles. The van der Waals surface area contributed by atoms with Crippen molar-refractivity contribution in [1.82, 2.24) is 4.98 Å². The van der Waals surface area contributed by atoms with Gasteiger partial charge in [0.2, 0.25) is 0 Å². The monoisotopic (exact) mass is 383 g/mol. The summed E-state index contributed by atoms with van der Waals surface area (Å²) in [5.41, 5.74) is 0.721. The molecule has 0 aliphatic heterocycles. The Kier molecular flexibility index (Phi) is 6.01. The summed E-state index contributed by atoms with van der Waals surface area (Å²) in [5, 5.41) is 7.64. The molecule has 1 aromatic heterocycles. The van der Waals surface area contributed by atoms with Crippen LogP contribution < -0.4 is 20.1 Å². The predicted molar refractivity (Wildman–Crippen MR) is 104 cm³/mol. The van der Waals surface area contributed by atoms with Gasteiger partial charge < -0.3 is 14.8 Å². The summed E-state index contributed by atoms with van der Waals surface area (Å²) < 4.78 is 10.7. The molecule has 7 nitrogen and oxygen atoms in total. The second-order valence-corrected chi connectivity index (χ2v) is 6.22. The third-order valence-electron chi connectivity index (χ3n) is 3.53. The summed E-state index contributed by atoms with van der Waals surface area (Å²) in [6.07, 6.45) is 1.60. The molecule has 2 amide bonds. The molecule has 3 aromatic rings. The van der Waals surface area contributed by atoms with E-state index in [1.165, 1.54) is 18.4 Å². The number of hydrogen-bond acceptors (Lipinski definition) is 6. The average molecular weight is 383 g/mol. The largest absolute Gasteiger partial charge is 0.493 e. The van der Waals surface area contributed by atoms with Gasteiger partial charge in [-0.15, -0.1) is 11.3 Å². The van der Waals surface area contributed by atoms with Crippen molar-refractivity contribution in [3.8, 4) is 11.5 Å². The fourth-order valence-corrected chi connectivity index (χ4v) is 2.83. The van der Waals surface area contributed by atoms with Crippen LogP contribution in [-0.4, -0.2) is 30.5 Å². The highest BCUT2D eigenvalue weighted by atomic mass is 32.1. The summed E-state index contributed by atoms with van der Waals surface area (Å²) in [5.74, 6) is 0.250. The summed E-state index contributed by atoms with van der Waals surface area (Å²) >= 11 is 1.31. The minimum Gasteiger partial charge on any atom is -0.493 e. The normalized spacial score (nSPS) is 10.1. The van der Waals surface area contributed by atoms with Crippen molar-refractivity contribution < 1.29 is 19.1 Å². The van der Waals surface area contributed by atoms with Crippen LogP contribution in [0.1, 0.15) is 10.4 Å². The first-order valence-corrected chi connectivity index (χ1v) is 8.91. The number of nitrogens with one attached hydrogen (secondary N) is 2. The number of carbonyl (C=O) groups is 2. The molecule has 0 atom stereocenters. The number of thiazole rings is 1. The van der Waals surface area contributed by atoms with Crippen LogP contribution in [0.15, 0.2) is 60.1 Å². The third-order valence-corrected chi connectivity index (χ3v) is 4.21. The van der Waals surface area contributed by atoms with E-state index >= 15 is 0 Å². The van der Waals surface area contributed by atoms with E-state index in [-0.39, 0.29) is 12.5 Å². The molecule has 0 bridgehead atoms. The van der Waals surface area contributed by atoms with E-state index in [0.29, 0.717) is 27.9 Å². The number of nitrogens with zero attached hydrogens (tertiary/aromatic N) is 1. The molecule has 0 saturated carbocycles. The van der Waals surface area contributed by atoms with E-state index in [4.69, 9.17) is 9.47 Å². The van der Waals surface area contributed by atoms with E-state index in [2.05, 4.69) is 15.6 Å². The maximum Gasteiger partial charge on any atom is 0.262 e. The molecular weight excluding hydrogens is 366 g/mol. The fraction of sp³-hybridized carbons (Fsp3) is 0.105. The Labute approximate surface area is 160 Å². The van der Waals surface area contributed by atoms with Gasteiger partial charge in [-0.1, -0.05) is 24.3 Å². The Morgan fingerprint density at radius 3 is 2.52 bits per heavy atom. The van der Waals surface area contributed by atoms with Crippen LogP contribution in [0.4, 0.5) is 10.8 Å². The van der Waals surface area contributed by atoms with Crippen LogP contribution in [0.25, 0.3) is 0 Å². The minimum atomic E-state index is -0.393. The number of rotatable bonds is 7. The molecule has 0 radical (unpaired) electrons. The predicted octanol–water partition coefficient (Wildman–Crippen LogP) is 3.42. The number of hydrogen-bond donors (Lipinski definition) is 2. The molecule has 0 spiro atoms. The van der Waals surface area contributed by atoms with Crippen LogP contribution in [0, 0.1) is 0 Å². The number of amides is 2. The van der Waals surface area contributed by atoms with Crippen molar-refractivity contribution in [3.05, 3.63) is 65.7 Å². The average Bonchev–Trinajstić information content (AvgIpc) is 3.20. The number of para-hydroxylation sites is 3. The van der Waals surface area contributed by atoms with Crippen LogP contribution >= 0.6 is 11.3 Å². The molecule has 1 heterocycles. The zero-order valence-electron chi connectivity index (χ0n) is 14.5. The number of methoxy groups -OCH3 is 1. The van der Waals surface area contributed by atoms with Gasteiger partial charge in [-0.05, 0) is 24.3 Å². The third kappa shape index (κ3) is 4.83. The molecule has 8 heteroatoms. The molecule has 2 N–H and O–H groups in total. The first-order chi connectivity index (χ1) is 13.2. The molecule has 3 rings (SSSR count). The smallest absolute Gasteiger partial charge is 0.262 e. The van der Waals surface area contributed by atoms with Gasteiger partial charge in [0.1, 0.15) is 0 Å². The highest BCUT2D eigenvalue weighted by molar-refractivity contribution is 7.13. The Balaban J connectivity index is 1.65. The van der Waals surface area contributed by atoms with Gasteiger partial charge in [-0.25, -0.2) is 4.98 Å². The van der Waals surface area contributed by atoms with Crippen LogP contribution in [0.2, 0.25) is 0 Å². The number of carbonyl (C=O) groups excluding carboxylic acids is 2. The molecular formula is C19H17N3O4S. The second kappa shape index (κ2) is 8.81. The lowest BCUT2D eigenvalue weighted by molar-refractivity contribution is -0.118. The highest BCUT2D eigenvalue weighted by Crippen LogP contribution is 2.25. The molecule has 138 valence electrons. The molecule has 0 aliphatic rings. The van der Waals surface area contributed by atoms with Crippen LogP contribution in [0.5, 0.6) is 11.5 Å². The maximum atomic E-state index is 12.4. The molecule has 0 fully saturated rings. The molecule has 27 heavy (non-hydrogen) atoms. The summed E-state index contributed by atoms with van der Waals surface area (Å²) in [6.45, 7) is -0.219. The van der Waals surface area contributed by atoms with E-state index < -0.39 is 5.91 Å². The van der Waals surface area contributed by atoms with Gasteiger partial charge in [0.15, 0.2) is 23.2 Å². The van der Waals surface area contributed by atoms with Gasteiger partial charge in [0.05, 0.1) is 18.4 Å². The van der Waals surface area contributed by atoms with Crippen molar-refractivity contribution >= 4 is 34.0 Å². The van der Waals surface area contributed by atoms with Crippen LogP contribution in [0.3, 0.4) is 0 Å². The molecule has 0 unspecified atom stereocenters. The van der Waals surface area contributed by atoms with E-state index in [1.807, 2.05) is 6.07 Å². The quantitative estimate of drug-likeness (QED) is 0.652. The van der Waals surface area contributed by atoms with Crippen molar-refractivity contribution in [3.63, 3.8) is 0 Å². The summed E-state index contributed by atoms with van der Waals surface area (Å²) in [4.78, 5) is 28.7. The molecule has 0 aliphatic carbocycles. The summed E-state index contributed by atoms with van der Waals surface area (Å²) in [7, 11) is 1.53. The zero-order valence-corrected chi connectivity index (χ0v) is 15.3.